The van der Waals surface area contributed by atoms with Gasteiger partial charge in [-0.15, -0.1) is 22.7 Å². The van der Waals surface area contributed by atoms with Crippen LogP contribution >= 0.6 is 34.3 Å². The van der Waals surface area contributed by atoms with E-state index in [9.17, 15) is 4.39 Å². The normalized spacial score (nSPS) is 19.9. The van der Waals surface area contributed by atoms with Gasteiger partial charge < -0.3 is 15.4 Å². The number of halogens is 2. The molecule has 176 valence electrons. The Morgan fingerprint density at radius 1 is 1.15 bits per heavy atom. The quantitative estimate of drug-likeness (QED) is 0.395. The molecule has 2 unspecified atom stereocenters. The van der Waals surface area contributed by atoms with Gasteiger partial charge in [0.2, 0.25) is 0 Å². The van der Waals surface area contributed by atoms with Crippen molar-refractivity contribution in [2.75, 3.05) is 6.61 Å². The topological polar surface area (TPSA) is 58.0 Å². The van der Waals surface area contributed by atoms with Crippen molar-refractivity contribution in [3.05, 3.63) is 78.8 Å². The van der Waals surface area contributed by atoms with E-state index in [-0.39, 0.29) is 17.9 Å². The third kappa shape index (κ3) is 4.50. The first kappa shape index (κ1) is 23.1. The van der Waals surface area contributed by atoms with Crippen molar-refractivity contribution in [1.82, 2.24) is 10.6 Å². The van der Waals surface area contributed by atoms with Crippen LogP contribution in [0, 0.1) is 26.6 Å². The molecular weight excluding hydrogens is 491 g/mol. The maximum atomic E-state index is 14.6. The van der Waals surface area contributed by atoms with Gasteiger partial charge in [-0.25, -0.2) is 9.38 Å². The smallest absolute Gasteiger partial charge is 0.289 e. The molecule has 4 heterocycles. The van der Waals surface area contributed by atoms with Crippen LogP contribution in [0.5, 0.6) is 0 Å². The average molecular weight is 515 g/mol. The lowest BCUT2D eigenvalue weighted by molar-refractivity contribution is 0.291. The molecule has 0 fully saturated rings. The molecule has 5 rings (SSSR count). The molecule has 2 aliphatic heterocycles. The van der Waals surface area contributed by atoms with Gasteiger partial charge in [-0.05, 0) is 50.6 Å². The summed E-state index contributed by atoms with van der Waals surface area (Å²) < 4.78 is 21.5. The van der Waals surface area contributed by atoms with Crippen LogP contribution in [0.15, 0.2) is 57.3 Å². The van der Waals surface area contributed by atoms with Crippen LogP contribution in [0.4, 0.5) is 4.39 Å². The van der Waals surface area contributed by atoms with E-state index in [2.05, 4.69) is 40.5 Å². The van der Waals surface area contributed by atoms with Crippen molar-refractivity contribution in [1.29, 1.82) is 0 Å². The molecule has 34 heavy (non-hydrogen) atoms. The fourth-order valence-electron chi connectivity index (χ4n) is 4.30. The highest BCUT2D eigenvalue weighted by Gasteiger charge is 2.24. The minimum atomic E-state index is -0.254. The zero-order valence-corrected chi connectivity index (χ0v) is 21.4. The second kappa shape index (κ2) is 9.52. The van der Waals surface area contributed by atoms with Crippen LogP contribution in [0.25, 0.3) is 10.1 Å². The molecule has 3 aromatic rings. The molecule has 9 heteroatoms. The number of nitrogens with one attached hydrogen (secondary N) is 2. The molecule has 0 radical (unpaired) electrons. The van der Waals surface area contributed by atoms with E-state index in [1.54, 1.807) is 41.3 Å². The minimum Gasteiger partial charge on any atom is -0.465 e. The van der Waals surface area contributed by atoms with Crippen molar-refractivity contribution >= 4 is 56.7 Å². The lowest BCUT2D eigenvalue weighted by Crippen LogP contribution is -2.27. The second-order valence-electron chi connectivity index (χ2n) is 8.22. The molecule has 0 saturated heterocycles. The summed E-state index contributed by atoms with van der Waals surface area (Å²) in [5.41, 5.74) is 3.00. The maximum Gasteiger partial charge on any atom is 0.289 e. The van der Waals surface area contributed by atoms with Crippen LogP contribution < -0.4 is 10.6 Å². The van der Waals surface area contributed by atoms with Gasteiger partial charge in [-0.3, -0.25) is 4.99 Å². The predicted molar refractivity (Wildman–Crippen MR) is 141 cm³/mol. The summed E-state index contributed by atoms with van der Waals surface area (Å²) in [5, 5.41) is 7.51. The van der Waals surface area contributed by atoms with Crippen molar-refractivity contribution in [3.8, 4) is 0 Å². The third-order valence-corrected chi connectivity index (χ3v) is 8.24. The molecule has 5 nitrogen and oxygen atoms in total. The second-order valence-corrected chi connectivity index (χ2v) is 11.4. The molecule has 2 N–H and O–H groups in total. The Morgan fingerprint density at radius 3 is 2.79 bits per heavy atom. The van der Waals surface area contributed by atoms with Crippen LogP contribution in [0.1, 0.15) is 44.3 Å². The molecule has 1 aromatic carbocycles. The van der Waals surface area contributed by atoms with E-state index in [0.29, 0.717) is 29.5 Å². The first-order valence-corrected chi connectivity index (χ1v) is 13.0. The number of ether oxygens (including phenoxy) is 1. The third-order valence-electron chi connectivity index (χ3n) is 5.85. The highest BCUT2D eigenvalue weighted by atomic mass is 35.5. The van der Waals surface area contributed by atoms with Crippen LogP contribution in [-0.4, -0.2) is 19.0 Å². The van der Waals surface area contributed by atoms with Gasteiger partial charge in [0.1, 0.15) is 11.9 Å². The number of fused-ring (bicyclic) bond motifs is 1. The number of rotatable bonds is 5. The standard InChI is InChI=1S/C25H24ClFN4OS2/c1-13-9-17(14(2)33-13)24-18(26)11-28-25(31-24)32-8-7-16-10-20(30-12-29-16)22-15(3)34-21-6-4-5-19(27)23(21)22/h4-6,9-12,20,24H,7-8H2,1-3H3,(H,28,31)(H,29,30). The monoisotopic (exact) mass is 514 g/mol. The minimum absolute atomic E-state index is 0.206. The molecule has 2 aromatic heterocycles. The van der Waals surface area contributed by atoms with E-state index < -0.39 is 0 Å². The molecule has 2 aliphatic rings. The zero-order valence-electron chi connectivity index (χ0n) is 19.0. The predicted octanol–water partition coefficient (Wildman–Crippen LogP) is 6.77. The lowest BCUT2D eigenvalue weighted by Gasteiger charge is -2.21. The number of aliphatic imine (C=N–C) groups is 2. The van der Waals surface area contributed by atoms with E-state index in [1.165, 1.54) is 15.8 Å². The molecule has 0 aliphatic carbocycles. The molecule has 2 atom stereocenters. The van der Waals surface area contributed by atoms with Crippen LogP contribution in [-0.2, 0) is 4.74 Å². The van der Waals surface area contributed by atoms with E-state index >= 15 is 0 Å². The molecule has 0 saturated carbocycles. The Labute approximate surface area is 210 Å². The fourth-order valence-corrected chi connectivity index (χ4v) is 6.60. The zero-order chi connectivity index (χ0) is 23.8. The summed E-state index contributed by atoms with van der Waals surface area (Å²) in [4.78, 5) is 12.8. The van der Waals surface area contributed by atoms with Crippen molar-refractivity contribution in [2.45, 2.75) is 39.3 Å². The largest absolute Gasteiger partial charge is 0.465 e. The number of thiophene rings is 2. The van der Waals surface area contributed by atoms with Gasteiger partial charge in [0.15, 0.2) is 0 Å². The molecule has 0 bridgehead atoms. The maximum absolute atomic E-state index is 14.6. The molecular formula is C25H24ClFN4OS2. The van der Waals surface area contributed by atoms with E-state index in [4.69, 9.17) is 16.3 Å². The summed E-state index contributed by atoms with van der Waals surface area (Å²) in [6.07, 6.45) is 6.09. The molecule has 0 spiro atoms. The first-order valence-electron chi connectivity index (χ1n) is 11.0. The van der Waals surface area contributed by atoms with Gasteiger partial charge in [-0.2, -0.15) is 0 Å². The Bertz CT molecular complexity index is 1370. The highest BCUT2D eigenvalue weighted by Crippen LogP contribution is 2.39. The average Bonchev–Trinajstić information content (AvgIpc) is 3.33. The number of benzene rings is 1. The van der Waals surface area contributed by atoms with Gasteiger partial charge >= 0.3 is 0 Å². The summed E-state index contributed by atoms with van der Waals surface area (Å²) in [6.45, 7) is 6.60. The SMILES string of the molecule is Cc1cc(C2N=C(OCCC3=CC(c4c(C)sc5cccc(F)c45)N=CN3)NC=C2Cl)c(C)s1. The van der Waals surface area contributed by atoms with Gasteiger partial charge in [0.25, 0.3) is 6.02 Å². The van der Waals surface area contributed by atoms with Crippen molar-refractivity contribution < 1.29 is 9.13 Å². The van der Waals surface area contributed by atoms with Crippen molar-refractivity contribution in [2.24, 2.45) is 9.98 Å². The van der Waals surface area contributed by atoms with Crippen LogP contribution in [0.2, 0.25) is 0 Å². The lowest BCUT2D eigenvalue weighted by atomic mass is 10.0. The first-order chi connectivity index (χ1) is 16.4. The Morgan fingerprint density at radius 2 is 2.00 bits per heavy atom. The number of hydrogen-bond donors (Lipinski definition) is 2. The van der Waals surface area contributed by atoms with E-state index in [0.717, 1.165) is 26.4 Å². The van der Waals surface area contributed by atoms with Gasteiger partial charge in [0, 0.05) is 48.6 Å². The summed E-state index contributed by atoms with van der Waals surface area (Å²) >= 11 is 9.77. The Balaban J connectivity index is 1.28. The highest BCUT2D eigenvalue weighted by molar-refractivity contribution is 7.19. The number of nitrogens with zero attached hydrogens (tertiary/aromatic N) is 2. The summed E-state index contributed by atoms with van der Waals surface area (Å²) in [6, 6.07) is 7.29. The molecule has 0 amide bonds. The fraction of sp³-hybridized carbons (Fsp3) is 0.280. The van der Waals surface area contributed by atoms with Gasteiger partial charge in [-0.1, -0.05) is 17.7 Å². The Hall–Kier alpha value is -2.68. The number of amidine groups is 1. The number of aryl methyl sites for hydroxylation is 3. The Kier molecular flexibility index (Phi) is 6.46. The van der Waals surface area contributed by atoms with Gasteiger partial charge in [0.05, 0.1) is 24.0 Å². The summed E-state index contributed by atoms with van der Waals surface area (Å²) in [7, 11) is 0. The number of hydrogen-bond acceptors (Lipinski definition) is 7. The van der Waals surface area contributed by atoms with E-state index in [1.807, 2.05) is 19.1 Å². The van der Waals surface area contributed by atoms with Crippen LogP contribution in [0.3, 0.4) is 0 Å². The summed E-state index contributed by atoms with van der Waals surface area (Å²) in [5.74, 6) is -0.206. The van der Waals surface area contributed by atoms with Crippen molar-refractivity contribution in [3.63, 3.8) is 0 Å².